The lowest BCUT2D eigenvalue weighted by Crippen LogP contribution is -2.31. The molecule has 24 heavy (non-hydrogen) atoms. The maximum Gasteiger partial charge on any atom is 0.300 e. The maximum absolute atomic E-state index is 12.4. The molecule has 0 fully saturated rings. The number of hydrogen-bond acceptors (Lipinski definition) is 5. The van der Waals surface area contributed by atoms with Crippen molar-refractivity contribution in [1.82, 2.24) is 4.72 Å². The van der Waals surface area contributed by atoms with Gasteiger partial charge in [0.25, 0.3) is 16.0 Å². The van der Waals surface area contributed by atoms with E-state index in [1.807, 2.05) is 30.3 Å². The minimum atomic E-state index is -3.79. The smallest absolute Gasteiger partial charge is 0.300 e. The van der Waals surface area contributed by atoms with Gasteiger partial charge in [-0.3, -0.25) is 0 Å². The number of aliphatic imine (C=N–C) groups is 1. The average Bonchev–Trinajstić information content (AvgIpc) is 2.98. The molecule has 3 rings (SSSR count). The van der Waals surface area contributed by atoms with Crippen LogP contribution in [0.15, 0.2) is 64.5 Å². The summed E-state index contributed by atoms with van der Waals surface area (Å²) in [5.74, 6) is 0.436. The predicted octanol–water partition coefficient (Wildman–Crippen LogP) is 3.04. The third-order valence-electron chi connectivity index (χ3n) is 3.53. The van der Waals surface area contributed by atoms with E-state index in [-0.39, 0.29) is 23.1 Å². The summed E-state index contributed by atoms with van der Waals surface area (Å²) in [6, 6.07) is 15.1. The SMILES string of the molecule is O=S(=O)(NC1=NC(CS)C(c2ccccc2)O1)c1ccc(Cl)cc1. The molecular formula is C16H15ClN2O3S2. The lowest BCUT2D eigenvalue weighted by atomic mass is 10.0. The van der Waals surface area contributed by atoms with Crippen LogP contribution in [0.3, 0.4) is 0 Å². The largest absolute Gasteiger partial charge is 0.454 e. The predicted molar refractivity (Wildman–Crippen MR) is 97.1 cm³/mol. The molecule has 2 atom stereocenters. The van der Waals surface area contributed by atoms with Crippen molar-refractivity contribution in [2.45, 2.75) is 17.0 Å². The molecule has 1 N–H and O–H groups in total. The third-order valence-corrected chi connectivity index (χ3v) is 5.49. The number of benzene rings is 2. The second-order valence-corrected chi connectivity index (χ2v) is 7.68. The number of nitrogens with one attached hydrogen (secondary N) is 1. The Hall–Kier alpha value is -1.70. The van der Waals surface area contributed by atoms with Crippen LogP contribution >= 0.6 is 24.2 Å². The van der Waals surface area contributed by atoms with Crippen LogP contribution in [0.1, 0.15) is 11.7 Å². The van der Waals surface area contributed by atoms with E-state index in [2.05, 4.69) is 22.3 Å². The Morgan fingerprint density at radius 3 is 2.42 bits per heavy atom. The van der Waals surface area contributed by atoms with Crippen molar-refractivity contribution < 1.29 is 13.2 Å². The number of rotatable bonds is 4. The molecule has 1 aliphatic rings. The van der Waals surface area contributed by atoms with Gasteiger partial charge >= 0.3 is 0 Å². The van der Waals surface area contributed by atoms with Gasteiger partial charge in [-0.2, -0.15) is 12.6 Å². The molecule has 0 saturated carbocycles. The Bertz CT molecular complexity index is 839. The first-order chi connectivity index (χ1) is 11.5. The van der Waals surface area contributed by atoms with Crippen LogP contribution in [0.2, 0.25) is 5.02 Å². The zero-order valence-corrected chi connectivity index (χ0v) is 14.9. The number of sulfonamides is 1. The quantitative estimate of drug-likeness (QED) is 0.798. The second kappa shape index (κ2) is 7.04. The molecule has 8 heteroatoms. The first-order valence-corrected chi connectivity index (χ1v) is 9.67. The lowest BCUT2D eigenvalue weighted by Gasteiger charge is -2.16. The molecule has 1 aliphatic heterocycles. The molecular weight excluding hydrogens is 368 g/mol. The Labute approximate surface area is 151 Å². The fraction of sp³-hybridized carbons (Fsp3) is 0.188. The summed E-state index contributed by atoms with van der Waals surface area (Å²) >= 11 is 10.1. The number of hydrogen-bond donors (Lipinski definition) is 2. The van der Waals surface area contributed by atoms with E-state index in [0.717, 1.165) is 5.56 Å². The first-order valence-electron chi connectivity index (χ1n) is 7.18. The summed E-state index contributed by atoms with van der Waals surface area (Å²) < 4.78 is 32.9. The van der Waals surface area contributed by atoms with Crippen molar-refractivity contribution in [3.63, 3.8) is 0 Å². The zero-order chi connectivity index (χ0) is 17.2. The van der Waals surface area contributed by atoms with Gasteiger partial charge < -0.3 is 4.74 Å². The molecule has 5 nitrogen and oxygen atoms in total. The molecule has 2 aromatic rings. The van der Waals surface area contributed by atoms with Gasteiger partial charge in [-0.05, 0) is 29.8 Å². The molecule has 2 unspecified atom stereocenters. The molecule has 2 aromatic carbocycles. The molecule has 0 saturated heterocycles. The van der Waals surface area contributed by atoms with Gasteiger partial charge in [0.15, 0.2) is 6.10 Å². The number of ether oxygens (including phenoxy) is 1. The first kappa shape index (κ1) is 17.1. The summed E-state index contributed by atoms with van der Waals surface area (Å²) in [5, 5.41) is 0.461. The van der Waals surface area contributed by atoms with E-state index in [4.69, 9.17) is 16.3 Å². The number of thiol groups is 1. The highest BCUT2D eigenvalue weighted by atomic mass is 35.5. The topological polar surface area (TPSA) is 67.8 Å². The van der Waals surface area contributed by atoms with E-state index >= 15 is 0 Å². The maximum atomic E-state index is 12.4. The standard InChI is InChI=1S/C16H15ClN2O3S2/c17-12-6-8-13(9-7-12)24(20,21)19-16-18-14(10-23)15(22-16)11-4-2-1-3-5-11/h1-9,14-15,23H,10H2,(H,18,19). The lowest BCUT2D eigenvalue weighted by molar-refractivity contribution is 0.198. The van der Waals surface area contributed by atoms with Crippen LogP contribution in [0.4, 0.5) is 0 Å². The average molecular weight is 383 g/mol. The second-order valence-electron chi connectivity index (χ2n) is 5.19. The van der Waals surface area contributed by atoms with Crippen molar-refractivity contribution in [2.24, 2.45) is 4.99 Å². The van der Waals surface area contributed by atoms with E-state index in [9.17, 15) is 8.42 Å². The third kappa shape index (κ3) is 3.68. The minimum Gasteiger partial charge on any atom is -0.454 e. The molecule has 0 spiro atoms. The van der Waals surface area contributed by atoms with Crippen molar-refractivity contribution >= 4 is 40.3 Å². The Morgan fingerprint density at radius 2 is 1.79 bits per heavy atom. The van der Waals surface area contributed by atoms with Crippen LogP contribution in [-0.2, 0) is 14.8 Å². The summed E-state index contributed by atoms with van der Waals surface area (Å²) in [5.41, 5.74) is 0.918. The van der Waals surface area contributed by atoms with Crippen molar-refractivity contribution in [3.05, 3.63) is 65.2 Å². The summed E-state index contributed by atoms with van der Waals surface area (Å²) in [4.78, 5) is 4.38. The minimum absolute atomic E-state index is 0.0298. The molecule has 126 valence electrons. The fourth-order valence-corrected chi connectivity index (χ4v) is 3.70. The zero-order valence-electron chi connectivity index (χ0n) is 12.5. The van der Waals surface area contributed by atoms with E-state index < -0.39 is 10.0 Å². The van der Waals surface area contributed by atoms with Gasteiger partial charge in [-0.15, -0.1) is 0 Å². The van der Waals surface area contributed by atoms with Crippen LogP contribution in [0.25, 0.3) is 0 Å². The monoisotopic (exact) mass is 382 g/mol. The fourth-order valence-electron chi connectivity index (χ4n) is 2.36. The van der Waals surface area contributed by atoms with Crippen molar-refractivity contribution in [3.8, 4) is 0 Å². The highest BCUT2D eigenvalue weighted by Crippen LogP contribution is 2.29. The van der Waals surface area contributed by atoms with Crippen LogP contribution < -0.4 is 4.72 Å². The molecule has 0 amide bonds. The van der Waals surface area contributed by atoms with Gasteiger partial charge in [-0.1, -0.05) is 41.9 Å². The van der Waals surface area contributed by atoms with Gasteiger partial charge in [-0.25, -0.2) is 18.1 Å². The highest BCUT2D eigenvalue weighted by Gasteiger charge is 2.33. The number of halogens is 1. The molecule has 0 aromatic heterocycles. The molecule has 1 heterocycles. The highest BCUT2D eigenvalue weighted by molar-refractivity contribution is 7.90. The van der Waals surface area contributed by atoms with Crippen molar-refractivity contribution in [1.29, 1.82) is 0 Å². The Kier molecular flexibility index (Phi) is 5.03. The molecule has 0 radical (unpaired) electrons. The number of nitrogens with zero attached hydrogens (tertiary/aromatic N) is 1. The van der Waals surface area contributed by atoms with Gasteiger partial charge in [0.05, 0.1) is 4.90 Å². The van der Waals surface area contributed by atoms with E-state index in [1.165, 1.54) is 24.3 Å². The normalized spacial score (nSPS) is 20.3. The molecule has 0 aliphatic carbocycles. The Balaban J connectivity index is 1.79. The van der Waals surface area contributed by atoms with E-state index in [1.54, 1.807) is 0 Å². The van der Waals surface area contributed by atoms with Gasteiger partial charge in [0.2, 0.25) is 0 Å². The van der Waals surface area contributed by atoms with Gasteiger partial charge in [0, 0.05) is 10.8 Å². The molecule has 0 bridgehead atoms. The summed E-state index contributed by atoms with van der Waals surface area (Å²) in [6.07, 6.45) is -0.369. The number of amidine groups is 1. The summed E-state index contributed by atoms with van der Waals surface area (Å²) in [6.45, 7) is 0. The van der Waals surface area contributed by atoms with Crippen LogP contribution in [-0.4, -0.2) is 26.2 Å². The summed E-state index contributed by atoms with van der Waals surface area (Å²) in [7, 11) is -3.79. The van der Waals surface area contributed by atoms with Gasteiger partial charge in [0.1, 0.15) is 6.04 Å². The van der Waals surface area contributed by atoms with E-state index in [0.29, 0.717) is 10.8 Å². The Morgan fingerprint density at radius 1 is 1.12 bits per heavy atom. The van der Waals surface area contributed by atoms with Crippen molar-refractivity contribution in [2.75, 3.05) is 5.75 Å². The van der Waals surface area contributed by atoms with Crippen LogP contribution in [0.5, 0.6) is 0 Å². The van der Waals surface area contributed by atoms with Crippen LogP contribution in [0, 0.1) is 0 Å².